The van der Waals surface area contributed by atoms with Crippen LogP contribution in [-0.4, -0.2) is 26.3 Å². The van der Waals surface area contributed by atoms with Crippen LogP contribution in [0.3, 0.4) is 0 Å². The van der Waals surface area contributed by atoms with Crippen LogP contribution in [0.1, 0.15) is 26.4 Å². The summed E-state index contributed by atoms with van der Waals surface area (Å²) in [6, 6.07) is 4.92. The van der Waals surface area contributed by atoms with E-state index in [0.717, 1.165) is 5.69 Å². The van der Waals surface area contributed by atoms with Crippen molar-refractivity contribution in [3.8, 4) is 0 Å². The van der Waals surface area contributed by atoms with Crippen molar-refractivity contribution in [2.75, 3.05) is 5.73 Å². The zero-order valence-electron chi connectivity index (χ0n) is 10.3. The molecule has 2 amide bonds. The lowest BCUT2D eigenvalue weighted by Crippen LogP contribution is -2.30. The summed E-state index contributed by atoms with van der Waals surface area (Å²) in [5.41, 5.74) is 7.56. The average Bonchev–Trinajstić information content (AvgIpc) is 2.88. The second-order valence-electron chi connectivity index (χ2n) is 4.46. The summed E-state index contributed by atoms with van der Waals surface area (Å²) < 4.78 is 1.77. The highest BCUT2D eigenvalue weighted by Crippen LogP contribution is 2.28. The number of aryl methyl sites for hydroxylation is 1. The molecule has 0 unspecified atom stereocenters. The highest BCUT2D eigenvalue weighted by molar-refractivity contribution is 6.23. The number of imidazole rings is 1. The lowest BCUT2D eigenvalue weighted by Gasteiger charge is -2.13. The van der Waals surface area contributed by atoms with Crippen molar-refractivity contribution in [3.05, 3.63) is 47.5 Å². The Morgan fingerprint density at radius 3 is 2.68 bits per heavy atom. The van der Waals surface area contributed by atoms with Crippen LogP contribution in [0.2, 0.25) is 0 Å². The van der Waals surface area contributed by atoms with Gasteiger partial charge in [0, 0.05) is 18.9 Å². The number of hydrogen-bond donors (Lipinski definition) is 1. The van der Waals surface area contributed by atoms with Crippen molar-refractivity contribution in [2.24, 2.45) is 7.05 Å². The normalized spacial score (nSPS) is 14.1. The van der Waals surface area contributed by atoms with Gasteiger partial charge in [0.15, 0.2) is 0 Å². The monoisotopic (exact) mass is 256 g/mol. The van der Waals surface area contributed by atoms with Gasteiger partial charge in [-0.2, -0.15) is 0 Å². The maximum absolute atomic E-state index is 12.3. The lowest BCUT2D eigenvalue weighted by atomic mass is 10.1. The highest BCUT2D eigenvalue weighted by Gasteiger charge is 2.37. The summed E-state index contributed by atoms with van der Waals surface area (Å²) >= 11 is 0. The molecule has 3 rings (SSSR count). The number of nitrogens with two attached hydrogens (primary N) is 1. The minimum atomic E-state index is -0.348. The fourth-order valence-electron chi connectivity index (χ4n) is 2.20. The molecule has 2 N–H and O–H groups in total. The Morgan fingerprint density at radius 2 is 2.05 bits per heavy atom. The Labute approximate surface area is 109 Å². The second kappa shape index (κ2) is 3.94. The number of carbonyl (C=O) groups is 2. The molecule has 2 aromatic rings. The molecule has 0 fully saturated rings. The molecule has 96 valence electrons. The topological polar surface area (TPSA) is 81.2 Å². The van der Waals surface area contributed by atoms with Gasteiger partial charge in [0.1, 0.15) is 0 Å². The summed E-state index contributed by atoms with van der Waals surface area (Å²) in [6.07, 6.45) is 3.26. The molecule has 19 heavy (non-hydrogen) atoms. The molecule has 1 aliphatic heterocycles. The zero-order chi connectivity index (χ0) is 13.6. The number of aromatic nitrogens is 2. The Hall–Kier alpha value is -2.63. The van der Waals surface area contributed by atoms with E-state index in [4.69, 9.17) is 5.73 Å². The molecule has 6 nitrogen and oxygen atoms in total. The van der Waals surface area contributed by atoms with Crippen LogP contribution in [0.4, 0.5) is 5.69 Å². The van der Waals surface area contributed by atoms with E-state index < -0.39 is 0 Å². The van der Waals surface area contributed by atoms with Gasteiger partial charge in [0.05, 0.1) is 29.7 Å². The number of hydrogen-bond acceptors (Lipinski definition) is 4. The maximum Gasteiger partial charge on any atom is 0.264 e. The van der Waals surface area contributed by atoms with Crippen LogP contribution < -0.4 is 5.73 Å². The molecular weight excluding hydrogens is 244 g/mol. The number of anilines is 1. The Bertz CT molecular complexity index is 690. The van der Waals surface area contributed by atoms with Crippen LogP contribution in [0.25, 0.3) is 0 Å². The van der Waals surface area contributed by atoms with Gasteiger partial charge < -0.3 is 10.3 Å². The van der Waals surface area contributed by atoms with Crippen LogP contribution in [-0.2, 0) is 13.6 Å². The first-order valence-electron chi connectivity index (χ1n) is 5.79. The summed E-state index contributed by atoms with van der Waals surface area (Å²) in [5, 5.41) is 0. The van der Waals surface area contributed by atoms with Crippen molar-refractivity contribution in [3.63, 3.8) is 0 Å². The Morgan fingerprint density at radius 1 is 1.26 bits per heavy atom. The summed E-state index contributed by atoms with van der Waals surface area (Å²) in [5.74, 6) is -0.659. The highest BCUT2D eigenvalue weighted by atomic mass is 16.2. The standard InChI is InChI=1S/C13H12N4O2/c1-16-7-15-5-8(16)6-17-12(18)9-3-2-4-10(14)11(9)13(17)19/h2-5,7H,6,14H2,1H3. The van der Waals surface area contributed by atoms with Crippen LogP contribution in [0.5, 0.6) is 0 Å². The van der Waals surface area contributed by atoms with Gasteiger partial charge in [-0.05, 0) is 12.1 Å². The molecule has 0 bridgehead atoms. The summed E-state index contributed by atoms with van der Waals surface area (Å²) in [6.45, 7) is 0.197. The molecule has 0 radical (unpaired) electrons. The number of imide groups is 1. The van der Waals surface area contributed by atoms with E-state index in [1.807, 2.05) is 7.05 Å². The molecule has 6 heteroatoms. The quantitative estimate of drug-likeness (QED) is 0.636. The first-order valence-corrected chi connectivity index (χ1v) is 5.79. The van der Waals surface area contributed by atoms with Crippen molar-refractivity contribution < 1.29 is 9.59 Å². The molecule has 0 saturated heterocycles. The lowest BCUT2D eigenvalue weighted by molar-refractivity contribution is 0.0639. The maximum atomic E-state index is 12.3. The summed E-state index contributed by atoms with van der Waals surface area (Å²) in [7, 11) is 1.81. The third-order valence-corrected chi connectivity index (χ3v) is 3.27. The smallest absolute Gasteiger partial charge is 0.264 e. The molecule has 0 saturated carbocycles. The van der Waals surface area contributed by atoms with Gasteiger partial charge in [0.2, 0.25) is 0 Å². The van der Waals surface area contributed by atoms with E-state index in [1.165, 1.54) is 4.90 Å². The van der Waals surface area contributed by atoms with E-state index in [9.17, 15) is 9.59 Å². The third kappa shape index (κ3) is 1.61. The molecule has 1 aromatic carbocycles. The molecule has 0 spiro atoms. The van der Waals surface area contributed by atoms with Crippen molar-refractivity contribution in [1.82, 2.24) is 14.5 Å². The fourth-order valence-corrected chi connectivity index (χ4v) is 2.20. The van der Waals surface area contributed by atoms with Crippen LogP contribution in [0.15, 0.2) is 30.7 Å². The number of nitrogen functional groups attached to an aromatic ring is 1. The molecular formula is C13H12N4O2. The van der Waals surface area contributed by atoms with Gasteiger partial charge in [-0.3, -0.25) is 14.5 Å². The summed E-state index contributed by atoms with van der Waals surface area (Å²) in [4.78, 5) is 29.6. The zero-order valence-corrected chi connectivity index (χ0v) is 10.3. The number of carbonyl (C=O) groups excluding carboxylic acids is 2. The van der Waals surface area contributed by atoms with E-state index in [2.05, 4.69) is 4.98 Å². The minimum Gasteiger partial charge on any atom is -0.398 e. The second-order valence-corrected chi connectivity index (χ2v) is 4.46. The van der Waals surface area contributed by atoms with Crippen LogP contribution >= 0.6 is 0 Å². The van der Waals surface area contributed by atoms with Crippen molar-refractivity contribution in [1.29, 1.82) is 0 Å². The van der Waals surface area contributed by atoms with Gasteiger partial charge >= 0.3 is 0 Å². The SMILES string of the molecule is Cn1cncc1CN1C(=O)c2cccc(N)c2C1=O. The Kier molecular flexibility index (Phi) is 2.38. The van der Waals surface area contributed by atoms with Crippen LogP contribution in [0, 0.1) is 0 Å². The van der Waals surface area contributed by atoms with E-state index in [-0.39, 0.29) is 18.4 Å². The van der Waals surface area contributed by atoms with Crippen molar-refractivity contribution in [2.45, 2.75) is 6.54 Å². The number of rotatable bonds is 2. The molecule has 1 aromatic heterocycles. The fraction of sp³-hybridized carbons (Fsp3) is 0.154. The molecule has 2 heterocycles. The first kappa shape index (κ1) is 11.5. The molecule has 0 atom stereocenters. The number of fused-ring (bicyclic) bond motifs is 1. The molecule has 0 aliphatic carbocycles. The van der Waals surface area contributed by atoms with Gasteiger partial charge in [0.25, 0.3) is 11.8 Å². The first-order chi connectivity index (χ1) is 9.09. The number of nitrogens with zero attached hydrogens (tertiary/aromatic N) is 3. The van der Waals surface area contributed by atoms with Crippen molar-refractivity contribution >= 4 is 17.5 Å². The third-order valence-electron chi connectivity index (χ3n) is 3.27. The van der Waals surface area contributed by atoms with Gasteiger partial charge in [-0.25, -0.2) is 4.98 Å². The number of amides is 2. The Balaban J connectivity index is 1.99. The van der Waals surface area contributed by atoms with Gasteiger partial charge in [-0.15, -0.1) is 0 Å². The van der Waals surface area contributed by atoms with E-state index in [0.29, 0.717) is 16.8 Å². The van der Waals surface area contributed by atoms with Gasteiger partial charge in [-0.1, -0.05) is 6.07 Å². The predicted molar refractivity (Wildman–Crippen MR) is 68.3 cm³/mol. The predicted octanol–water partition coefficient (Wildman–Crippen LogP) is 0.798. The van der Waals surface area contributed by atoms with E-state index >= 15 is 0 Å². The number of benzene rings is 1. The average molecular weight is 256 g/mol. The minimum absolute atomic E-state index is 0.197. The largest absolute Gasteiger partial charge is 0.398 e. The van der Waals surface area contributed by atoms with E-state index in [1.54, 1.807) is 35.3 Å². The molecule has 1 aliphatic rings.